The molecule has 1 aromatic rings. The maximum absolute atomic E-state index is 14.0. The van der Waals surface area contributed by atoms with Gasteiger partial charge in [-0.25, -0.2) is 4.39 Å². The summed E-state index contributed by atoms with van der Waals surface area (Å²) in [4.78, 5) is 6.88. The number of guanidine groups is 1. The number of rotatable bonds is 5. The predicted molar refractivity (Wildman–Crippen MR) is 108 cm³/mol. The van der Waals surface area contributed by atoms with Gasteiger partial charge in [-0.2, -0.15) is 5.26 Å². The number of aliphatic imine (C=N–C) groups is 1. The molecule has 0 atom stereocenters. The lowest BCUT2D eigenvalue weighted by Crippen LogP contribution is -2.60. The predicted octanol–water partition coefficient (Wildman–Crippen LogP) is 2.40. The highest BCUT2D eigenvalue weighted by molar-refractivity contribution is 5.79. The van der Waals surface area contributed by atoms with Crippen LogP contribution in [0.2, 0.25) is 0 Å². The average molecular weight is 388 g/mol. The fourth-order valence-corrected chi connectivity index (χ4v) is 4.28. The zero-order valence-electron chi connectivity index (χ0n) is 16.6. The van der Waals surface area contributed by atoms with Crippen LogP contribution in [-0.2, 0) is 11.3 Å². The highest BCUT2D eigenvalue weighted by Crippen LogP contribution is 2.33. The van der Waals surface area contributed by atoms with Crippen molar-refractivity contribution in [1.29, 1.82) is 5.26 Å². The lowest BCUT2D eigenvalue weighted by atomic mass is 9.80. The molecule has 0 spiro atoms. The van der Waals surface area contributed by atoms with E-state index in [1.807, 2.05) is 6.07 Å². The molecule has 0 unspecified atom stereocenters. The Labute approximate surface area is 166 Å². The molecular formula is C21H30FN5O. The van der Waals surface area contributed by atoms with Gasteiger partial charge >= 0.3 is 0 Å². The second-order valence-corrected chi connectivity index (χ2v) is 7.58. The van der Waals surface area contributed by atoms with Gasteiger partial charge in [-0.15, -0.1) is 0 Å². The zero-order valence-corrected chi connectivity index (χ0v) is 16.6. The number of hydrogen-bond acceptors (Lipinski definition) is 4. The number of morpholine rings is 1. The van der Waals surface area contributed by atoms with Crippen molar-refractivity contribution < 1.29 is 9.13 Å². The normalized spacial score (nSPS) is 20.4. The summed E-state index contributed by atoms with van der Waals surface area (Å²) in [6.45, 7) is 4.63. The van der Waals surface area contributed by atoms with Crippen LogP contribution < -0.4 is 10.6 Å². The second kappa shape index (κ2) is 9.85. The van der Waals surface area contributed by atoms with Crippen LogP contribution in [0, 0.1) is 17.1 Å². The maximum atomic E-state index is 14.0. The third-order valence-electron chi connectivity index (χ3n) is 5.90. The molecule has 2 N–H and O–H groups in total. The minimum atomic E-state index is -0.320. The van der Waals surface area contributed by atoms with Gasteiger partial charge in [0.25, 0.3) is 0 Å². The van der Waals surface area contributed by atoms with E-state index in [1.54, 1.807) is 13.1 Å². The van der Waals surface area contributed by atoms with E-state index in [0.29, 0.717) is 17.1 Å². The van der Waals surface area contributed by atoms with Gasteiger partial charge in [0, 0.05) is 44.3 Å². The first-order chi connectivity index (χ1) is 13.7. The van der Waals surface area contributed by atoms with Crippen molar-refractivity contribution in [3.63, 3.8) is 0 Å². The number of halogens is 1. The number of nitrogens with zero attached hydrogens (tertiary/aromatic N) is 3. The quantitative estimate of drug-likeness (QED) is 0.600. The van der Waals surface area contributed by atoms with Crippen LogP contribution in [0.15, 0.2) is 23.2 Å². The molecule has 1 heterocycles. The number of nitriles is 1. The van der Waals surface area contributed by atoms with Crippen LogP contribution in [0.1, 0.15) is 43.2 Å². The average Bonchev–Trinajstić information content (AvgIpc) is 2.76. The molecule has 0 amide bonds. The zero-order chi connectivity index (χ0) is 19.8. The molecule has 0 aromatic heterocycles. The Morgan fingerprint density at radius 1 is 1.25 bits per heavy atom. The Bertz CT molecular complexity index is 718. The van der Waals surface area contributed by atoms with E-state index in [-0.39, 0.29) is 17.9 Å². The lowest BCUT2D eigenvalue weighted by molar-refractivity contribution is -0.0352. The van der Waals surface area contributed by atoms with E-state index in [1.165, 1.54) is 44.2 Å². The summed E-state index contributed by atoms with van der Waals surface area (Å²) in [6.07, 6.45) is 6.15. The highest BCUT2D eigenvalue weighted by Gasteiger charge is 2.38. The van der Waals surface area contributed by atoms with Crippen LogP contribution in [0.25, 0.3) is 0 Å². The summed E-state index contributed by atoms with van der Waals surface area (Å²) in [5.41, 5.74) is 1.04. The summed E-state index contributed by atoms with van der Waals surface area (Å²) in [7, 11) is 1.72. The highest BCUT2D eigenvalue weighted by atomic mass is 19.1. The van der Waals surface area contributed by atoms with Gasteiger partial charge in [-0.05, 0) is 31.0 Å². The molecule has 3 rings (SSSR count). The molecule has 152 valence electrons. The molecular weight excluding hydrogens is 357 g/mol. The minimum Gasteiger partial charge on any atom is -0.379 e. The first-order valence-corrected chi connectivity index (χ1v) is 10.1. The Morgan fingerprint density at radius 3 is 2.68 bits per heavy atom. The molecule has 1 aliphatic carbocycles. The molecule has 0 radical (unpaired) electrons. The van der Waals surface area contributed by atoms with E-state index in [2.05, 4.69) is 20.5 Å². The molecule has 7 heteroatoms. The Hall–Kier alpha value is -2.17. The molecule has 1 aliphatic heterocycles. The number of hydrogen-bond donors (Lipinski definition) is 2. The molecule has 6 nitrogen and oxygen atoms in total. The van der Waals surface area contributed by atoms with Gasteiger partial charge in [0.1, 0.15) is 5.82 Å². The van der Waals surface area contributed by atoms with Gasteiger partial charge in [0.2, 0.25) is 0 Å². The smallest absolute Gasteiger partial charge is 0.191 e. The summed E-state index contributed by atoms with van der Waals surface area (Å²) < 4.78 is 19.6. The largest absolute Gasteiger partial charge is 0.379 e. The molecule has 1 saturated carbocycles. The number of benzene rings is 1. The van der Waals surface area contributed by atoms with Crippen LogP contribution in [-0.4, -0.2) is 56.3 Å². The van der Waals surface area contributed by atoms with Gasteiger partial charge in [0.15, 0.2) is 5.96 Å². The topological polar surface area (TPSA) is 72.7 Å². The fraction of sp³-hybridized carbons (Fsp3) is 0.619. The molecule has 2 aliphatic rings. The van der Waals surface area contributed by atoms with Gasteiger partial charge in [0.05, 0.1) is 24.8 Å². The molecule has 1 saturated heterocycles. The standard InChI is InChI=1S/C21H30FN5O/c1-24-20(25-15-18-13-17(14-23)5-6-19(18)22)26-16-21(7-3-2-4-8-21)27-9-11-28-12-10-27/h5-6,13H,2-4,7-12,15-16H2,1H3,(H2,24,25,26). The molecule has 28 heavy (non-hydrogen) atoms. The van der Waals surface area contributed by atoms with E-state index in [0.717, 1.165) is 32.8 Å². The van der Waals surface area contributed by atoms with Crippen molar-refractivity contribution in [2.45, 2.75) is 44.2 Å². The number of nitrogens with one attached hydrogen (secondary N) is 2. The van der Waals surface area contributed by atoms with E-state index in [9.17, 15) is 4.39 Å². The van der Waals surface area contributed by atoms with Crippen molar-refractivity contribution in [2.24, 2.45) is 4.99 Å². The van der Waals surface area contributed by atoms with Gasteiger partial charge < -0.3 is 15.4 Å². The monoisotopic (exact) mass is 387 g/mol. The first-order valence-electron chi connectivity index (χ1n) is 10.1. The van der Waals surface area contributed by atoms with Crippen molar-refractivity contribution >= 4 is 5.96 Å². The molecule has 0 bridgehead atoms. The van der Waals surface area contributed by atoms with Crippen molar-refractivity contribution in [2.75, 3.05) is 39.9 Å². The van der Waals surface area contributed by atoms with E-state index < -0.39 is 0 Å². The Kier molecular flexibility index (Phi) is 7.24. The maximum Gasteiger partial charge on any atom is 0.191 e. The van der Waals surface area contributed by atoms with Crippen molar-refractivity contribution in [3.8, 4) is 6.07 Å². The second-order valence-electron chi connectivity index (χ2n) is 7.58. The van der Waals surface area contributed by atoms with E-state index >= 15 is 0 Å². The van der Waals surface area contributed by atoms with Crippen molar-refractivity contribution in [1.82, 2.24) is 15.5 Å². The van der Waals surface area contributed by atoms with Crippen LogP contribution in [0.5, 0.6) is 0 Å². The van der Waals surface area contributed by atoms with Crippen LogP contribution in [0.4, 0.5) is 4.39 Å². The molecule has 2 fully saturated rings. The summed E-state index contributed by atoms with van der Waals surface area (Å²) >= 11 is 0. The molecule has 1 aromatic carbocycles. The number of ether oxygens (including phenoxy) is 1. The third kappa shape index (κ3) is 5.00. The summed E-state index contributed by atoms with van der Waals surface area (Å²) in [6, 6.07) is 6.45. The summed E-state index contributed by atoms with van der Waals surface area (Å²) in [5.74, 6) is 0.332. The minimum absolute atomic E-state index is 0.131. The van der Waals surface area contributed by atoms with E-state index in [4.69, 9.17) is 10.00 Å². The van der Waals surface area contributed by atoms with Crippen molar-refractivity contribution in [3.05, 3.63) is 35.1 Å². The fourth-order valence-electron chi connectivity index (χ4n) is 4.28. The van der Waals surface area contributed by atoms with Crippen LogP contribution >= 0.6 is 0 Å². The first kappa shape index (κ1) is 20.6. The lowest BCUT2D eigenvalue weighted by Gasteiger charge is -2.48. The van der Waals surface area contributed by atoms with Gasteiger partial charge in [-0.3, -0.25) is 9.89 Å². The Morgan fingerprint density at radius 2 is 2.00 bits per heavy atom. The Balaban J connectivity index is 1.61. The third-order valence-corrected chi connectivity index (χ3v) is 5.90. The van der Waals surface area contributed by atoms with Gasteiger partial charge in [-0.1, -0.05) is 19.3 Å². The SMILES string of the molecule is CN=C(NCc1cc(C#N)ccc1F)NCC1(N2CCOCC2)CCCCC1. The summed E-state index contributed by atoms with van der Waals surface area (Å²) in [5, 5.41) is 15.7. The van der Waals surface area contributed by atoms with Crippen LogP contribution in [0.3, 0.4) is 0 Å².